The first-order valence-electron chi connectivity index (χ1n) is 7.45. The number of rotatable bonds is 4. The van der Waals surface area contributed by atoms with Crippen LogP contribution in [0.15, 0.2) is 5.38 Å². The lowest BCUT2D eigenvalue weighted by atomic mass is 9.90. The molecule has 108 valence electrons. The molecule has 3 rings (SSSR count). The van der Waals surface area contributed by atoms with E-state index in [1.165, 1.54) is 47.7 Å². The van der Waals surface area contributed by atoms with Crippen LogP contribution in [0.3, 0.4) is 0 Å². The van der Waals surface area contributed by atoms with E-state index in [2.05, 4.69) is 22.6 Å². The molecule has 1 N–H and O–H groups in total. The van der Waals surface area contributed by atoms with Crippen LogP contribution in [0.25, 0.3) is 10.6 Å². The van der Waals surface area contributed by atoms with Gasteiger partial charge >= 0.3 is 0 Å². The van der Waals surface area contributed by atoms with Gasteiger partial charge in [-0.25, -0.2) is 9.97 Å². The van der Waals surface area contributed by atoms with Crippen molar-refractivity contribution in [3.63, 3.8) is 0 Å². The second kappa shape index (κ2) is 6.22. The van der Waals surface area contributed by atoms with Crippen LogP contribution >= 0.6 is 22.7 Å². The smallest absolute Gasteiger partial charge is 0.182 e. The van der Waals surface area contributed by atoms with Crippen molar-refractivity contribution in [2.75, 3.05) is 12.4 Å². The molecule has 0 unspecified atom stereocenters. The third-order valence-corrected chi connectivity index (χ3v) is 6.10. The molecule has 1 fully saturated rings. The molecule has 1 saturated carbocycles. The summed E-state index contributed by atoms with van der Waals surface area (Å²) >= 11 is 3.54. The second-order valence-electron chi connectivity index (χ2n) is 5.30. The summed E-state index contributed by atoms with van der Waals surface area (Å²) in [5, 5.41) is 7.58. The quantitative estimate of drug-likeness (QED) is 0.871. The Hall–Kier alpha value is -0.940. The predicted octanol–water partition coefficient (Wildman–Crippen LogP) is 4.92. The molecule has 5 heteroatoms. The second-order valence-corrected chi connectivity index (χ2v) is 7.19. The molecule has 2 aromatic rings. The molecule has 0 saturated heterocycles. The maximum absolute atomic E-state index is 4.93. The molecule has 0 aliphatic heterocycles. The van der Waals surface area contributed by atoms with Gasteiger partial charge in [-0.2, -0.15) is 0 Å². The fourth-order valence-corrected chi connectivity index (χ4v) is 4.85. The fraction of sp³-hybridized carbons (Fsp3) is 0.600. The summed E-state index contributed by atoms with van der Waals surface area (Å²) in [5.41, 5.74) is 2.32. The molecule has 0 amide bonds. The van der Waals surface area contributed by atoms with Gasteiger partial charge < -0.3 is 5.32 Å². The average molecular weight is 307 g/mol. The van der Waals surface area contributed by atoms with Crippen molar-refractivity contribution in [2.45, 2.75) is 51.4 Å². The Bertz CT molecular complexity index is 567. The van der Waals surface area contributed by atoms with E-state index in [1.54, 1.807) is 11.3 Å². The minimum atomic E-state index is 0.690. The van der Waals surface area contributed by atoms with Crippen LogP contribution in [0.4, 0.5) is 5.13 Å². The Labute approximate surface area is 128 Å². The Balaban J connectivity index is 1.91. The monoisotopic (exact) mass is 307 g/mol. The average Bonchev–Trinajstić information content (AvgIpc) is 3.14. The van der Waals surface area contributed by atoms with E-state index < -0.39 is 0 Å². The molecule has 2 aromatic heterocycles. The van der Waals surface area contributed by atoms with Gasteiger partial charge in [0.1, 0.15) is 0 Å². The van der Waals surface area contributed by atoms with Crippen molar-refractivity contribution in [3.8, 4) is 10.6 Å². The molecular formula is C15H21N3S2. The molecule has 0 radical (unpaired) electrons. The fourth-order valence-electron chi connectivity index (χ4n) is 2.83. The van der Waals surface area contributed by atoms with Gasteiger partial charge in [0.2, 0.25) is 0 Å². The van der Waals surface area contributed by atoms with Gasteiger partial charge in [-0.05, 0) is 19.3 Å². The van der Waals surface area contributed by atoms with E-state index in [0.29, 0.717) is 5.92 Å². The minimum Gasteiger partial charge on any atom is -0.365 e. The number of aryl methyl sites for hydroxylation is 1. The maximum Gasteiger partial charge on any atom is 0.182 e. The minimum absolute atomic E-state index is 0.690. The zero-order valence-electron chi connectivity index (χ0n) is 12.1. The third kappa shape index (κ3) is 2.74. The van der Waals surface area contributed by atoms with Crippen molar-refractivity contribution in [1.29, 1.82) is 0 Å². The third-order valence-electron chi connectivity index (χ3n) is 3.95. The first kappa shape index (κ1) is 14.0. The topological polar surface area (TPSA) is 37.8 Å². The van der Waals surface area contributed by atoms with Crippen molar-refractivity contribution >= 4 is 27.8 Å². The highest BCUT2D eigenvalue weighted by Gasteiger charge is 2.22. The maximum atomic E-state index is 4.93. The van der Waals surface area contributed by atoms with Gasteiger partial charge in [0, 0.05) is 18.3 Å². The first-order valence-corrected chi connectivity index (χ1v) is 9.14. The molecule has 0 aromatic carbocycles. The molecule has 20 heavy (non-hydrogen) atoms. The number of thiazole rings is 2. The highest BCUT2D eigenvalue weighted by molar-refractivity contribution is 7.17. The van der Waals surface area contributed by atoms with Crippen molar-refractivity contribution in [2.24, 2.45) is 0 Å². The van der Waals surface area contributed by atoms with E-state index in [-0.39, 0.29) is 0 Å². The molecular weight excluding hydrogens is 286 g/mol. The van der Waals surface area contributed by atoms with Gasteiger partial charge in [-0.1, -0.05) is 26.2 Å². The zero-order chi connectivity index (χ0) is 13.9. The van der Waals surface area contributed by atoms with Gasteiger partial charge in [0.05, 0.1) is 21.3 Å². The lowest BCUT2D eigenvalue weighted by molar-refractivity contribution is 0.442. The van der Waals surface area contributed by atoms with Crippen LogP contribution in [-0.4, -0.2) is 17.0 Å². The van der Waals surface area contributed by atoms with E-state index >= 15 is 0 Å². The molecule has 0 atom stereocenters. The SMILES string of the molecule is CCc1nc(C2CCCCC2)sc1-c1csc(NC)n1. The predicted molar refractivity (Wildman–Crippen MR) is 88.0 cm³/mol. The Kier molecular flexibility index (Phi) is 4.36. The summed E-state index contributed by atoms with van der Waals surface area (Å²) in [6.07, 6.45) is 7.74. The Morgan fingerprint density at radius 1 is 1.25 bits per heavy atom. The van der Waals surface area contributed by atoms with E-state index in [4.69, 9.17) is 4.98 Å². The van der Waals surface area contributed by atoms with Gasteiger partial charge in [0.25, 0.3) is 0 Å². The van der Waals surface area contributed by atoms with Crippen molar-refractivity contribution < 1.29 is 0 Å². The standard InChI is InChI=1S/C15H21N3S2/c1-3-11-13(12-9-19-15(16-2)18-12)20-14(17-11)10-7-5-4-6-8-10/h9-10H,3-8H2,1-2H3,(H,16,18). The number of hydrogen-bond acceptors (Lipinski definition) is 5. The molecule has 3 nitrogen and oxygen atoms in total. The van der Waals surface area contributed by atoms with Crippen molar-refractivity contribution in [1.82, 2.24) is 9.97 Å². The van der Waals surface area contributed by atoms with Crippen LogP contribution in [0.5, 0.6) is 0 Å². The number of nitrogens with one attached hydrogen (secondary N) is 1. The van der Waals surface area contributed by atoms with E-state index in [0.717, 1.165) is 17.2 Å². The lowest BCUT2D eigenvalue weighted by Gasteiger charge is -2.18. The largest absolute Gasteiger partial charge is 0.365 e. The summed E-state index contributed by atoms with van der Waals surface area (Å²) in [4.78, 5) is 10.9. The van der Waals surface area contributed by atoms with Gasteiger partial charge in [-0.3, -0.25) is 0 Å². The number of hydrogen-bond donors (Lipinski definition) is 1. The van der Waals surface area contributed by atoms with Crippen LogP contribution in [0.2, 0.25) is 0 Å². The summed E-state index contributed by atoms with van der Waals surface area (Å²) in [7, 11) is 1.92. The molecule has 1 aliphatic carbocycles. The summed E-state index contributed by atoms with van der Waals surface area (Å²) in [6.45, 7) is 2.19. The van der Waals surface area contributed by atoms with Crippen molar-refractivity contribution in [3.05, 3.63) is 16.1 Å². The zero-order valence-corrected chi connectivity index (χ0v) is 13.7. The summed E-state index contributed by atoms with van der Waals surface area (Å²) in [5.74, 6) is 0.690. The highest BCUT2D eigenvalue weighted by atomic mass is 32.1. The normalized spacial score (nSPS) is 16.5. The highest BCUT2D eigenvalue weighted by Crippen LogP contribution is 2.40. The first-order chi connectivity index (χ1) is 9.81. The molecule has 1 aliphatic rings. The van der Waals surface area contributed by atoms with E-state index in [9.17, 15) is 0 Å². The Morgan fingerprint density at radius 2 is 2.05 bits per heavy atom. The molecule has 0 spiro atoms. The number of nitrogens with zero attached hydrogens (tertiary/aromatic N) is 2. The van der Waals surface area contributed by atoms with Gasteiger partial charge in [-0.15, -0.1) is 22.7 Å². The van der Waals surface area contributed by atoms with Crippen LogP contribution in [0.1, 0.15) is 55.6 Å². The lowest BCUT2D eigenvalue weighted by Crippen LogP contribution is -2.04. The number of anilines is 1. The summed E-state index contributed by atoms with van der Waals surface area (Å²) in [6, 6.07) is 0. The molecule has 2 heterocycles. The summed E-state index contributed by atoms with van der Waals surface area (Å²) < 4.78 is 0. The van der Waals surface area contributed by atoms with E-state index in [1.807, 2.05) is 18.4 Å². The Morgan fingerprint density at radius 3 is 2.70 bits per heavy atom. The van der Waals surface area contributed by atoms with Gasteiger partial charge in [0.15, 0.2) is 5.13 Å². The van der Waals surface area contributed by atoms with Crippen LogP contribution in [-0.2, 0) is 6.42 Å². The molecule has 0 bridgehead atoms. The van der Waals surface area contributed by atoms with Crippen LogP contribution in [0, 0.1) is 0 Å². The number of aromatic nitrogens is 2. The van der Waals surface area contributed by atoms with Crippen LogP contribution < -0.4 is 5.32 Å².